The highest BCUT2D eigenvalue weighted by Crippen LogP contribution is 2.20. The number of amides is 1. The zero-order valence-electron chi connectivity index (χ0n) is 13.5. The van der Waals surface area contributed by atoms with Crippen molar-refractivity contribution in [1.82, 2.24) is 14.9 Å². The van der Waals surface area contributed by atoms with E-state index in [1.807, 2.05) is 13.1 Å². The number of fused-ring (bicyclic) bond motifs is 1. The first-order valence-electron chi connectivity index (χ1n) is 7.98. The van der Waals surface area contributed by atoms with Gasteiger partial charge in [-0.15, -0.1) is 0 Å². The van der Waals surface area contributed by atoms with Gasteiger partial charge in [0.1, 0.15) is 11.5 Å². The highest BCUT2D eigenvalue weighted by Gasteiger charge is 2.19. The van der Waals surface area contributed by atoms with E-state index in [0.29, 0.717) is 5.69 Å². The molecule has 4 nitrogen and oxygen atoms in total. The maximum absolute atomic E-state index is 12.4. The molecule has 1 N–H and O–H groups in total. The molecule has 0 saturated carbocycles. The maximum atomic E-state index is 12.4. The van der Waals surface area contributed by atoms with Gasteiger partial charge in [-0.2, -0.15) is 0 Å². The van der Waals surface area contributed by atoms with Gasteiger partial charge < -0.3 is 9.88 Å². The quantitative estimate of drug-likeness (QED) is 0.944. The SMILES string of the molecule is Cc1ccc(C(C)NC(=O)c2cn3c(n2)CCCC3)c(C)c1. The Morgan fingerprint density at radius 2 is 2.14 bits per heavy atom. The Hall–Kier alpha value is -2.10. The summed E-state index contributed by atoms with van der Waals surface area (Å²) in [5.74, 6) is 0.949. The number of hydrogen-bond acceptors (Lipinski definition) is 2. The molecule has 1 aliphatic heterocycles. The molecule has 1 atom stereocenters. The molecule has 22 heavy (non-hydrogen) atoms. The van der Waals surface area contributed by atoms with E-state index in [2.05, 4.69) is 46.9 Å². The maximum Gasteiger partial charge on any atom is 0.271 e. The third kappa shape index (κ3) is 2.91. The zero-order chi connectivity index (χ0) is 15.7. The average Bonchev–Trinajstić information content (AvgIpc) is 2.91. The second-order valence-electron chi connectivity index (χ2n) is 6.25. The number of benzene rings is 1. The lowest BCUT2D eigenvalue weighted by Crippen LogP contribution is -2.27. The van der Waals surface area contributed by atoms with Crippen molar-refractivity contribution in [3.8, 4) is 0 Å². The van der Waals surface area contributed by atoms with Crippen LogP contribution >= 0.6 is 0 Å². The van der Waals surface area contributed by atoms with Crippen LogP contribution in [0.3, 0.4) is 0 Å². The number of nitrogens with one attached hydrogen (secondary N) is 1. The molecule has 1 amide bonds. The van der Waals surface area contributed by atoms with Gasteiger partial charge in [0.25, 0.3) is 5.91 Å². The number of hydrogen-bond donors (Lipinski definition) is 1. The second-order valence-corrected chi connectivity index (χ2v) is 6.25. The fraction of sp³-hybridized carbons (Fsp3) is 0.444. The third-order valence-corrected chi connectivity index (χ3v) is 4.38. The molecule has 1 aromatic carbocycles. The Morgan fingerprint density at radius 3 is 2.86 bits per heavy atom. The molecule has 0 saturated heterocycles. The van der Waals surface area contributed by atoms with E-state index in [-0.39, 0.29) is 11.9 Å². The number of carbonyl (C=O) groups excluding carboxylic acids is 1. The highest BCUT2D eigenvalue weighted by atomic mass is 16.2. The Labute approximate surface area is 131 Å². The Kier molecular flexibility index (Phi) is 4.01. The summed E-state index contributed by atoms with van der Waals surface area (Å²) in [5, 5.41) is 3.07. The fourth-order valence-corrected chi connectivity index (χ4v) is 3.18. The molecule has 116 valence electrons. The molecule has 1 aliphatic rings. The van der Waals surface area contributed by atoms with Crippen molar-refractivity contribution in [2.45, 2.75) is 52.6 Å². The van der Waals surface area contributed by atoms with Gasteiger partial charge in [-0.3, -0.25) is 4.79 Å². The predicted octanol–water partition coefficient (Wildman–Crippen LogP) is 3.33. The van der Waals surface area contributed by atoms with Gasteiger partial charge in [0.05, 0.1) is 6.04 Å². The van der Waals surface area contributed by atoms with Crippen molar-refractivity contribution in [3.05, 3.63) is 52.6 Å². The fourth-order valence-electron chi connectivity index (χ4n) is 3.18. The third-order valence-electron chi connectivity index (χ3n) is 4.38. The van der Waals surface area contributed by atoms with Crippen molar-refractivity contribution in [1.29, 1.82) is 0 Å². The standard InChI is InChI=1S/C18H23N3O/c1-12-7-8-15(13(2)10-12)14(3)19-18(22)16-11-21-9-5-4-6-17(21)20-16/h7-8,10-11,14H,4-6,9H2,1-3H3,(H,19,22). The van der Waals surface area contributed by atoms with Gasteiger partial charge in [-0.1, -0.05) is 23.8 Å². The minimum atomic E-state index is -0.0885. The van der Waals surface area contributed by atoms with Crippen LogP contribution < -0.4 is 5.32 Å². The Morgan fingerprint density at radius 1 is 1.32 bits per heavy atom. The first-order chi connectivity index (χ1) is 10.5. The van der Waals surface area contributed by atoms with Gasteiger partial charge in [0, 0.05) is 19.2 Å². The van der Waals surface area contributed by atoms with Crippen LogP contribution in [-0.2, 0) is 13.0 Å². The van der Waals surface area contributed by atoms with E-state index in [9.17, 15) is 4.79 Å². The van der Waals surface area contributed by atoms with Crippen molar-refractivity contribution >= 4 is 5.91 Å². The summed E-state index contributed by atoms with van der Waals surface area (Å²) < 4.78 is 2.11. The highest BCUT2D eigenvalue weighted by molar-refractivity contribution is 5.92. The van der Waals surface area contributed by atoms with E-state index >= 15 is 0 Å². The number of aromatic nitrogens is 2. The molecule has 0 spiro atoms. The summed E-state index contributed by atoms with van der Waals surface area (Å²) in [6.45, 7) is 7.16. The van der Waals surface area contributed by atoms with Gasteiger partial charge in [0.15, 0.2) is 0 Å². The van der Waals surface area contributed by atoms with Crippen LogP contribution in [-0.4, -0.2) is 15.5 Å². The molecule has 1 aromatic heterocycles. The van der Waals surface area contributed by atoms with E-state index in [1.165, 1.54) is 17.5 Å². The predicted molar refractivity (Wildman–Crippen MR) is 87.0 cm³/mol. The van der Waals surface area contributed by atoms with E-state index < -0.39 is 0 Å². The van der Waals surface area contributed by atoms with Crippen LogP contribution in [0.5, 0.6) is 0 Å². The lowest BCUT2D eigenvalue weighted by atomic mass is 10.0. The number of carbonyl (C=O) groups is 1. The van der Waals surface area contributed by atoms with Crippen LogP contribution in [0.15, 0.2) is 24.4 Å². The summed E-state index contributed by atoms with van der Waals surface area (Å²) >= 11 is 0. The number of rotatable bonds is 3. The molecular weight excluding hydrogens is 274 g/mol. The summed E-state index contributed by atoms with van der Waals surface area (Å²) in [7, 11) is 0. The van der Waals surface area contributed by atoms with Gasteiger partial charge in [-0.25, -0.2) is 4.98 Å². The van der Waals surface area contributed by atoms with Crippen molar-refractivity contribution in [2.24, 2.45) is 0 Å². The second kappa shape index (κ2) is 5.95. The van der Waals surface area contributed by atoms with Crippen molar-refractivity contribution in [3.63, 3.8) is 0 Å². The van der Waals surface area contributed by atoms with E-state index in [0.717, 1.165) is 30.8 Å². The Bertz CT molecular complexity index is 679. The molecule has 1 unspecified atom stereocenters. The molecule has 0 fully saturated rings. The zero-order valence-corrected chi connectivity index (χ0v) is 13.5. The molecule has 2 heterocycles. The first kappa shape index (κ1) is 14.8. The summed E-state index contributed by atoms with van der Waals surface area (Å²) in [5.41, 5.74) is 4.13. The Balaban J connectivity index is 1.74. The normalized spacial score (nSPS) is 15.2. The smallest absolute Gasteiger partial charge is 0.271 e. The van der Waals surface area contributed by atoms with Crippen LogP contribution in [0, 0.1) is 13.8 Å². The van der Waals surface area contributed by atoms with E-state index in [1.54, 1.807) is 0 Å². The average molecular weight is 297 g/mol. The summed E-state index contributed by atoms with van der Waals surface area (Å²) in [6, 6.07) is 6.30. The lowest BCUT2D eigenvalue weighted by Gasteiger charge is -2.16. The topological polar surface area (TPSA) is 46.9 Å². The number of imidazole rings is 1. The molecule has 3 rings (SSSR count). The van der Waals surface area contributed by atoms with Gasteiger partial charge >= 0.3 is 0 Å². The summed E-state index contributed by atoms with van der Waals surface area (Å²) in [6.07, 6.45) is 5.19. The monoisotopic (exact) mass is 297 g/mol. The minimum Gasteiger partial charge on any atom is -0.344 e. The first-order valence-corrected chi connectivity index (χ1v) is 7.98. The van der Waals surface area contributed by atoms with Crippen molar-refractivity contribution in [2.75, 3.05) is 0 Å². The number of nitrogens with zero attached hydrogens (tertiary/aromatic N) is 2. The molecule has 2 aromatic rings. The summed E-state index contributed by atoms with van der Waals surface area (Å²) in [4.78, 5) is 16.9. The molecule has 4 heteroatoms. The van der Waals surface area contributed by atoms with Crippen molar-refractivity contribution < 1.29 is 4.79 Å². The van der Waals surface area contributed by atoms with Crippen LogP contribution in [0.2, 0.25) is 0 Å². The van der Waals surface area contributed by atoms with Crippen LogP contribution in [0.25, 0.3) is 0 Å². The molecule has 0 radical (unpaired) electrons. The van der Waals surface area contributed by atoms with Gasteiger partial charge in [0.2, 0.25) is 0 Å². The van der Waals surface area contributed by atoms with Gasteiger partial charge in [-0.05, 0) is 44.7 Å². The molecule has 0 aliphatic carbocycles. The lowest BCUT2D eigenvalue weighted by molar-refractivity contribution is 0.0935. The number of aryl methyl sites for hydroxylation is 4. The molecular formula is C18H23N3O. The minimum absolute atomic E-state index is 0.0215. The van der Waals surface area contributed by atoms with E-state index in [4.69, 9.17) is 0 Å². The molecule has 0 bridgehead atoms. The van der Waals surface area contributed by atoms with Crippen LogP contribution in [0.1, 0.15) is 58.8 Å². The largest absolute Gasteiger partial charge is 0.344 e. The van der Waals surface area contributed by atoms with Crippen LogP contribution in [0.4, 0.5) is 0 Å².